The molecule has 2 aromatic carbocycles. The number of nitrogens with one attached hydrogen (secondary N) is 2. The summed E-state index contributed by atoms with van der Waals surface area (Å²) in [6, 6.07) is 15.3. The smallest absolute Gasteiger partial charge is 0.222 e. The van der Waals surface area contributed by atoms with E-state index < -0.39 is 0 Å². The Morgan fingerprint density at radius 3 is 2.48 bits per heavy atom. The zero-order valence-electron chi connectivity index (χ0n) is 15.8. The van der Waals surface area contributed by atoms with Gasteiger partial charge >= 0.3 is 0 Å². The molecular weight excluding hydrogens is 340 g/mol. The largest absolute Gasteiger partial charge is 0.349 e. The number of carbonyl (C=O) groups is 2. The van der Waals surface area contributed by atoms with Crippen LogP contribution in [-0.2, 0) is 23.2 Å². The lowest BCUT2D eigenvalue weighted by Crippen LogP contribution is -2.32. The van der Waals surface area contributed by atoms with E-state index in [1.54, 1.807) is 0 Å². The van der Waals surface area contributed by atoms with E-state index in [2.05, 4.69) is 15.6 Å². The SMILES string of the molecule is CC(=O)NC(CC(=O)NCc1nc2ccccc2n1C)c1ccc(C)cc1. The van der Waals surface area contributed by atoms with E-state index >= 15 is 0 Å². The second-order valence-corrected chi connectivity index (χ2v) is 6.72. The molecule has 2 N–H and O–H groups in total. The highest BCUT2D eigenvalue weighted by molar-refractivity contribution is 5.79. The third kappa shape index (κ3) is 4.53. The number of para-hydroxylation sites is 2. The van der Waals surface area contributed by atoms with Crippen molar-refractivity contribution in [2.75, 3.05) is 0 Å². The standard InChI is InChI=1S/C21H24N4O2/c1-14-8-10-16(11-9-14)18(23-15(2)26)12-21(27)22-13-20-24-17-6-4-5-7-19(17)25(20)3/h4-11,18H,12-13H2,1-3H3,(H,22,27)(H,23,26). The number of carbonyl (C=O) groups excluding carboxylic acids is 2. The molecule has 1 aromatic heterocycles. The number of aromatic nitrogens is 2. The normalized spacial score (nSPS) is 12.0. The van der Waals surface area contributed by atoms with E-state index in [9.17, 15) is 9.59 Å². The molecule has 0 saturated carbocycles. The Morgan fingerprint density at radius 1 is 1.11 bits per heavy atom. The minimum absolute atomic E-state index is 0.138. The summed E-state index contributed by atoms with van der Waals surface area (Å²) >= 11 is 0. The fraction of sp³-hybridized carbons (Fsp3) is 0.286. The minimum Gasteiger partial charge on any atom is -0.349 e. The van der Waals surface area contributed by atoms with Gasteiger partial charge in [-0.1, -0.05) is 42.0 Å². The summed E-state index contributed by atoms with van der Waals surface area (Å²) in [4.78, 5) is 28.6. The highest BCUT2D eigenvalue weighted by Crippen LogP contribution is 2.18. The molecule has 2 amide bonds. The minimum atomic E-state index is -0.358. The van der Waals surface area contributed by atoms with Crippen molar-refractivity contribution in [3.8, 4) is 0 Å². The predicted octanol–water partition coefficient (Wildman–Crippen LogP) is 2.77. The first kappa shape index (κ1) is 18.6. The number of hydrogen-bond acceptors (Lipinski definition) is 3. The van der Waals surface area contributed by atoms with Crippen molar-refractivity contribution >= 4 is 22.8 Å². The maximum absolute atomic E-state index is 12.5. The molecule has 3 aromatic rings. The van der Waals surface area contributed by atoms with Crippen LogP contribution in [0.2, 0.25) is 0 Å². The van der Waals surface area contributed by atoms with Gasteiger partial charge in [0.2, 0.25) is 11.8 Å². The summed E-state index contributed by atoms with van der Waals surface area (Å²) in [6.07, 6.45) is 0.173. The number of hydrogen-bond donors (Lipinski definition) is 2. The molecule has 27 heavy (non-hydrogen) atoms. The van der Waals surface area contributed by atoms with E-state index in [-0.39, 0.29) is 24.3 Å². The van der Waals surface area contributed by atoms with E-state index in [1.807, 2.05) is 67.1 Å². The molecule has 6 heteroatoms. The van der Waals surface area contributed by atoms with Crippen molar-refractivity contribution in [3.63, 3.8) is 0 Å². The molecule has 1 unspecified atom stereocenters. The molecule has 1 atom stereocenters. The van der Waals surface area contributed by atoms with Crippen LogP contribution in [0.1, 0.15) is 36.3 Å². The number of fused-ring (bicyclic) bond motifs is 1. The lowest BCUT2D eigenvalue weighted by atomic mass is 10.0. The van der Waals surface area contributed by atoms with Gasteiger partial charge in [0.15, 0.2) is 0 Å². The molecule has 0 bridgehead atoms. The summed E-state index contributed by atoms with van der Waals surface area (Å²) in [7, 11) is 1.93. The number of nitrogens with zero attached hydrogens (tertiary/aromatic N) is 2. The number of amides is 2. The lowest BCUT2D eigenvalue weighted by Gasteiger charge is -2.18. The monoisotopic (exact) mass is 364 g/mol. The van der Waals surface area contributed by atoms with E-state index in [1.165, 1.54) is 6.92 Å². The second-order valence-electron chi connectivity index (χ2n) is 6.72. The Hall–Kier alpha value is -3.15. The second kappa shape index (κ2) is 8.03. The van der Waals surface area contributed by atoms with Crippen LogP contribution in [0.5, 0.6) is 0 Å². The fourth-order valence-electron chi connectivity index (χ4n) is 3.09. The van der Waals surface area contributed by atoms with Gasteiger partial charge in [0.05, 0.1) is 30.0 Å². The van der Waals surface area contributed by atoms with Crippen LogP contribution >= 0.6 is 0 Å². The quantitative estimate of drug-likeness (QED) is 0.706. The molecule has 0 fully saturated rings. The van der Waals surface area contributed by atoms with E-state index in [4.69, 9.17) is 0 Å². The number of benzene rings is 2. The Bertz CT molecular complexity index is 960. The molecule has 0 aliphatic carbocycles. The Balaban J connectivity index is 1.67. The van der Waals surface area contributed by atoms with Gasteiger partial charge in [-0.3, -0.25) is 9.59 Å². The molecule has 0 spiro atoms. The van der Waals surface area contributed by atoms with Crippen molar-refractivity contribution < 1.29 is 9.59 Å². The number of aryl methyl sites for hydroxylation is 2. The highest BCUT2D eigenvalue weighted by Gasteiger charge is 2.17. The fourth-order valence-corrected chi connectivity index (χ4v) is 3.09. The van der Waals surface area contributed by atoms with Crippen LogP contribution in [0, 0.1) is 6.92 Å². The summed E-state index contributed by atoms with van der Waals surface area (Å²) in [6.45, 7) is 3.80. The maximum Gasteiger partial charge on any atom is 0.222 e. The van der Waals surface area contributed by atoms with Gasteiger partial charge in [-0.25, -0.2) is 4.98 Å². The van der Waals surface area contributed by atoms with Crippen LogP contribution in [0.15, 0.2) is 48.5 Å². The number of imidazole rings is 1. The molecule has 0 radical (unpaired) electrons. The van der Waals surface area contributed by atoms with Crippen molar-refractivity contribution in [2.24, 2.45) is 7.05 Å². The molecule has 140 valence electrons. The zero-order valence-corrected chi connectivity index (χ0v) is 15.8. The first-order chi connectivity index (χ1) is 12.9. The topological polar surface area (TPSA) is 76.0 Å². The van der Waals surface area contributed by atoms with Crippen molar-refractivity contribution in [1.82, 2.24) is 20.2 Å². The molecule has 0 saturated heterocycles. The molecule has 0 aliphatic heterocycles. The van der Waals surface area contributed by atoms with Crippen LogP contribution in [-0.4, -0.2) is 21.4 Å². The molecule has 3 rings (SSSR count). The van der Waals surface area contributed by atoms with E-state index in [0.29, 0.717) is 6.54 Å². The Labute approximate surface area is 158 Å². The van der Waals surface area contributed by atoms with Gasteiger partial charge in [-0.15, -0.1) is 0 Å². The van der Waals surface area contributed by atoms with Crippen molar-refractivity contribution in [1.29, 1.82) is 0 Å². The van der Waals surface area contributed by atoms with Crippen LogP contribution < -0.4 is 10.6 Å². The lowest BCUT2D eigenvalue weighted by molar-refractivity contribution is -0.123. The maximum atomic E-state index is 12.5. The van der Waals surface area contributed by atoms with Crippen molar-refractivity contribution in [3.05, 3.63) is 65.5 Å². The predicted molar refractivity (Wildman–Crippen MR) is 105 cm³/mol. The molecule has 6 nitrogen and oxygen atoms in total. The van der Waals surface area contributed by atoms with Gasteiger partial charge in [0, 0.05) is 14.0 Å². The summed E-state index contributed by atoms with van der Waals surface area (Å²) in [5.41, 5.74) is 3.97. The third-order valence-electron chi connectivity index (χ3n) is 4.57. The van der Waals surface area contributed by atoms with Gasteiger partial charge in [0.25, 0.3) is 0 Å². The average Bonchev–Trinajstić information content (AvgIpc) is 2.96. The van der Waals surface area contributed by atoms with Crippen LogP contribution in [0.4, 0.5) is 0 Å². The first-order valence-electron chi connectivity index (χ1n) is 8.94. The number of rotatable bonds is 6. The Morgan fingerprint density at radius 2 is 1.81 bits per heavy atom. The van der Waals surface area contributed by atoms with Gasteiger partial charge in [-0.2, -0.15) is 0 Å². The van der Waals surface area contributed by atoms with E-state index in [0.717, 1.165) is 28.0 Å². The van der Waals surface area contributed by atoms with Gasteiger partial charge in [-0.05, 0) is 24.6 Å². The highest BCUT2D eigenvalue weighted by atomic mass is 16.2. The van der Waals surface area contributed by atoms with Crippen molar-refractivity contribution in [2.45, 2.75) is 32.9 Å². The zero-order chi connectivity index (χ0) is 19.4. The first-order valence-corrected chi connectivity index (χ1v) is 8.94. The van der Waals surface area contributed by atoms with Gasteiger partial charge < -0.3 is 15.2 Å². The van der Waals surface area contributed by atoms with Crippen LogP contribution in [0.3, 0.4) is 0 Å². The summed E-state index contributed by atoms with van der Waals surface area (Å²) < 4.78 is 1.97. The molecular formula is C21H24N4O2. The Kier molecular flexibility index (Phi) is 5.54. The summed E-state index contributed by atoms with van der Waals surface area (Å²) in [5, 5.41) is 5.77. The third-order valence-corrected chi connectivity index (χ3v) is 4.57. The van der Waals surface area contributed by atoms with Crippen LogP contribution in [0.25, 0.3) is 11.0 Å². The average molecular weight is 364 g/mol. The molecule has 1 heterocycles. The van der Waals surface area contributed by atoms with Gasteiger partial charge in [0.1, 0.15) is 5.82 Å². The summed E-state index contributed by atoms with van der Waals surface area (Å²) in [5.74, 6) is 0.487. The molecule has 0 aliphatic rings.